The maximum Gasteiger partial charge on any atom is 0.274 e. The summed E-state index contributed by atoms with van der Waals surface area (Å²) in [4.78, 5) is 49.6. The lowest BCUT2D eigenvalue weighted by molar-refractivity contribution is -0.385. The van der Waals surface area contributed by atoms with Crippen molar-refractivity contribution in [2.45, 2.75) is 0 Å². The van der Waals surface area contributed by atoms with E-state index < -0.39 is 21.7 Å². The summed E-state index contributed by atoms with van der Waals surface area (Å²) in [6.45, 7) is 0. The Morgan fingerprint density at radius 3 is 1.53 bits per heavy atom. The Bertz CT molecular complexity index is 1170. The highest BCUT2D eigenvalue weighted by molar-refractivity contribution is 6.34. The van der Waals surface area contributed by atoms with Gasteiger partial charge in [-0.05, 0) is 24.3 Å². The highest BCUT2D eigenvalue weighted by Gasteiger charge is 2.18. The fourth-order valence-corrected chi connectivity index (χ4v) is 2.84. The van der Waals surface area contributed by atoms with E-state index in [-0.39, 0.29) is 44.2 Å². The number of hydrogen-bond donors (Lipinski definition) is 2. The Morgan fingerprint density at radius 2 is 1.16 bits per heavy atom. The van der Waals surface area contributed by atoms with Crippen molar-refractivity contribution >= 4 is 57.8 Å². The summed E-state index contributed by atoms with van der Waals surface area (Å²) in [5.74, 6) is -1.54. The van der Waals surface area contributed by atoms with Crippen molar-refractivity contribution in [1.82, 2.24) is 4.98 Å². The molecule has 2 N–H and O–H groups in total. The fourth-order valence-electron chi connectivity index (χ4n) is 2.51. The highest BCUT2D eigenvalue weighted by atomic mass is 35.5. The van der Waals surface area contributed by atoms with Crippen molar-refractivity contribution in [3.8, 4) is 0 Å². The van der Waals surface area contributed by atoms with Crippen molar-refractivity contribution in [3.05, 3.63) is 96.3 Å². The van der Waals surface area contributed by atoms with Crippen molar-refractivity contribution < 1.29 is 19.4 Å². The third-order valence-electron chi connectivity index (χ3n) is 4.03. The molecular weight excluding hydrogens is 465 g/mol. The first-order valence-electron chi connectivity index (χ1n) is 8.63. The van der Waals surface area contributed by atoms with E-state index in [0.717, 1.165) is 12.1 Å². The van der Waals surface area contributed by atoms with Crippen LogP contribution < -0.4 is 10.6 Å². The van der Waals surface area contributed by atoms with Crippen LogP contribution in [-0.2, 0) is 0 Å². The van der Waals surface area contributed by atoms with Gasteiger partial charge < -0.3 is 10.6 Å². The first kappa shape index (κ1) is 22.6. The molecule has 0 aliphatic carbocycles. The van der Waals surface area contributed by atoms with Crippen LogP contribution in [0.4, 0.5) is 22.7 Å². The Kier molecular flexibility index (Phi) is 6.61. The largest absolute Gasteiger partial charge is 0.319 e. The molecule has 0 aliphatic heterocycles. The number of halogens is 2. The van der Waals surface area contributed by atoms with Crippen LogP contribution in [0.2, 0.25) is 10.0 Å². The zero-order valence-electron chi connectivity index (χ0n) is 15.7. The molecule has 2 amide bonds. The van der Waals surface area contributed by atoms with Gasteiger partial charge >= 0.3 is 0 Å². The van der Waals surface area contributed by atoms with Gasteiger partial charge in [0, 0.05) is 24.3 Å². The molecule has 1 heterocycles. The van der Waals surface area contributed by atoms with Crippen molar-refractivity contribution in [2.24, 2.45) is 0 Å². The van der Waals surface area contributed by atoms with Crippen LogP contribution in [0.5, 0.6) is 0 Å². The number of anilines is 2. The van der Waals surface area contributed by atoms with Gasteiger partial charge in [-0.15, -0.1) is 0 Å². The monoisotopic (exact) mass is 475 g/mol. The Balaban J connectivity index is 1.81. The number of carbonyl (C=O) groups is 2. The number of rotatable bonds is 6. The molecule has 0 aliphatic rings. The number of nitrogens with zero attached hydrogens (tertiary/aromatic N) is 3. The number of nitrogens with one attached hydrogen (secondary N) is 2. The predicted octanol–water partition coefficient (Wildman–Crippen LogP) is 4.71. The Morgan fingerprint density at radius 1 is 0.750 bits per heavy atom. The van der Waals surface area contributed by atoms with Gasteiger partial charge in [-0.2, -0.15) is 0 Å². The summed E-state index contributed by atoms with van der Waals surface area (Å²) >= 11 is 11.9. The minimum absolute atomic E-state index is 0.00843. The number of aromatic nitrogens is 1. The minimum atomic E-state index is -0.768. The number of nitro benzene ring substituents is 2. The average molecular weight is 476 g/mol. The third kappa shape index (κ3) is 5.14. The summed E-state index contributed by atoms with van der Waals surface area (Å²) in [7, 11) is 0. The fraction of sp³-hybridized carbons (Fsp3) is 0. The second kappa shape index (κ2) is 9.37. The SMILES string of the molecule is O=C(Nc1cc([N+](=O)[O-])ccc1Cl)c1cccc(C(=O)Nc2cc([N+](=O)[O-])ccc2Cl)n1. The molecule has 2 aromatic carbocycles. The maximum absolute atomic E-state index is 12.5. The van der Waals surface area contributed by atoms with Gasteiger partial charge in [-0.3, -0.25) is 29.8 Å². The standard InChI is InChI=1S/C19H11Cl2N5O6/c20-12-6-4-10(25(29)30)8-16(12)23-18(27)14-2-1-3-15(22-14)19(28)24-17-9-11(26(31)32)5-7-13(17)21/h1-9H,(H,23,27)(H,24,28). The smallest absolute Gasteiger partial charge is 0.274 e. The van der Waals surface area contributed by atoms with E-state index in [9.17, 15) is 29.8 Å². The first-order chi connectivity index (χ1) is 15.2. The van der Waals surface area contributed by atoms with Gasteiger partial charge in [0.25, 0.3) is 23.2 Å². The van der Waals surface area contributed by atoms with Gasteiger partial charge in [0.1, 0.15) is 11.4 Å². The van der Waals surface area contributed by atoms with Crippen LogP contribution in [0.25, 0.3) is 0 Å². The second-order valence-corrected chi connectivity index (χ2v) is 6.97. The van der Waals surface area contributed by atoms with Crippen LogP contribution >= 0.6 is 23.2 Å². The minimum Gasteiger partial charge on any atom is -0.319 e. The lowest BCUT2D eigenvalue weighted by Gasteiger charge is -2.09. The lowest BCUT2D eigenvalue weighted by atomic mass is 10.2. The molecule has 0 fully saturated rings. The highest BCUT2D eigenvalue weighted by Crippen LogP contribution is 2.28. The van der Waals surface area contributed by atoms with Crippen LogP contribution in [0, 0.1) is 20.2 Å². The van der Waals surface area contributed by atoms with Crippen molar-refractivity contribution in [3.63, 3.8) is 0 Å². The summed E-state index contributed by atoms with van der Waals surface area (Å²) in [6, 6.07) is 11.1. The third-order valence-corrected chi connectivity index (χ3v) is 4.69. The average Bonchev–Trinajstić information content (AvgIpc) is 2.76. The number of nitro groups is 2. The molecule has 0 spiro atoms. The molecule has 11 nitrogen and oxygen atoms in total. The molecule has 32 heavy (non-hydrogen) atoms. The van der Waals surface area contributed by atoms with Gasteiger partial charge in [-0.1, -0.05) is 29.3 Å². The molecule has 13 heteroatoms. The number of non-ortho nitro benzene ring substituents is 2. The van der Waals surface area contributed by atoms with E-state index in [4.69, 9.17) is 23.2 Å². The molecule has 0 radical (unpaired) electrons. The topological polar surface area (TPSA) is 157 Å². The molecule has 0 atom stereocenters. The Labute approximate surface area is 189 Å². The van der Waals surface area contributed by atoms with E-state index >= 15 is 0 Å². The molecule has 3 aromatic rings. The number of amides is 2. The summed E-state index contributed by atoms with van der Waals surface area (Å²) in [5.41, 5.74) is -0.924. The number of carbonyl (C=O) groups excluding carboxylic acids is 2. The van der Waals surface area contributed by atoms with Crippen molar-refractivity contribution in [2.75, 3.05) is 10.6 Å². The van der Waals surface area contributed by atoms with Gasteiger partial charge in [0.2, 0.25) is 0 Å². The van der Waals surface area contributed by atoms with E-state index in [1.165, 1.54) is 42.5 Å². The van der Waals surface area contributed by atoms with Crippen LogP contribution in [0.1, 0.15) is 21.0 Å². The number of pyridine rings is 1. The number of benzene rings is 2. The predicted molar refractivity (Wildman–Crippen MR) is 116 cm³/mol. The Hall–Kier alpha value is -4.09. The molecule has 0 saturated heterocycles. The van der Waals surface area contributed by atoms with Gasteiger partial charge in [-0.25, -0.2) is 4.98 Å². The quantitative estimate of drug-likeness (QED) is 0.385. The summed E-state index contributed by atoms with van der Waals surface area (Å²) in [5, 5.41) is 26.8. The van der Waals surface area contributed by atoms with Crippen molar-refractivity contribution in [1.29, 1.82) is 0 Å². The molecule has 0 bridgehead atoms. The van der Waals surface area contributed by atoms with E-state index in [0.29, 0.717) is 0 Å². The van der Waals surface area contributed by atoms with E-state index in [1.807, 2.05) is 0 Å². The zero-order valence-corrected chi connectivity index (χ0v) is 17.3. The second-order valence-electron chi connectivity index (χ2n) is 6.16. The zero-order chi connectivity index (χ0) is 23.4. The van der Waals surface area contributed by atoms with Crippen LogP contribution in [0.15, 0.2) is 54.6 Å². The number of hydrogen-bond acceptors (Lipinski definition) is 7. The molecular formula is C19H11Cl2N5O6. The van der Waals surface area contributed by atoms with Gasteiger partial charge in [0.05, 0.1) is 31.3 Å². The molecule has 162 valence electrons. The normalized spacial score (nSPS) is 10.3. The molecule has 0 saturated carbocycles. The maximum atomic E-state index is 12.5. The van der Waals surface area contributed by atoms with Gasteiger partial charge in [0.15, 0.2) is 0 Å². The van der Waals surface area contributed by atoms with E-state index in [2.05, 4.69) is 15.6 Å². The molecule has 0 unspecified atom stereocenters. The molecule has 3 rings (SSSR count). The lowest BCUT2D eigenvalue weighted by Crippen LogP contribution is -2.19. The summed E-state index contributed by atoms with van der Waals surface area (Å²) in [6.07, 6.45) is 0. The van der Waals surface area contributed by atoms with Crippen LogP contribution in [-0.4, -0.2) is 26.6 Å². The van der Waals surface area contributed by atoms with Crippen LogP contribution in [0.3, 0.4) is 0 Å². The first-order valence-corrected chi connectivity index (χ1v) is 9.39. The van der Waals surface area contributed by atoms with E-state index in [1.54, 1.807) is 0 Å². The molecule has 1 aromatic heterocycles. The summed E-state index contributed by atoms with van der Waals surface area (Å²) < 4.78 is 0.